The van der Waals surface area contributed by atoms with Crippen LogP contribution in [-0.2, 0) is 17.1 Å². The molecule has 0 amide bonds. The van der Waals surface area contributed by atoms with E-state index in [1.807, 2.05) is 0 Å². The van der Waals surface area contributed by atoms with Gasteiger partial charge in [0.1, 0.15) is 0 Å². The molecule has 2 rings (SSSR count). The van der Waals surface area contributed by atoms with Crippen LogP contribution in [0.15, 0.2) is 9.63 Å². The molecule has 0 bridgehead atoms. The zero-order valence-electron chi connectivity index (χ0n) is 9.87. The van der Waals surface area contributed by atoms with Crippen molar-refractivity contribution in [1.29, 1.82) is 0 Å². The molecule has 1 heterocycles. The Morgan fingerprint density at radius 1 is 1.56 bits per heavy atom. The predicted octanol–water partition coefficient (Wildman–Crippen LogP) is 0.0169. The van der Waals surface area contributed by atoms with Gasteiger partial charge in [-0.3, -0.25) is 0 Å². The normalized spacial score (nSPS) is 24.6. The third-order valence-corrected chi connectivity index (χ3v) is 5.57. The van der Waals surface area contributed by atoms with Crippen molar-refractivity contribution in [1.82, 2.24) is 19.7 Å². The minimum Gasteiger partial charge on any atom is -0.396 e. The molecule has 2 unspecified atom stereocenters. The molecule has 2 atom stereocenters. The fourth-order valence-corrected chi connectivity index (χ4v) is 4.71. The van der Waals surface area contributed by atoms with Gasteiger partial charge in [-0.25, -0.2) is 17.8 Å². The van der Waals surface area contributed by atoms with Gasteiger partial charge in [0.2, 0.25) is 5.03 Å². The van der Waals surface area contributed by atoms with Crippen LogP contribution in [0, 0.1) is 5.92 Å². The Balaban J connectivity index is 2.23. The number of aryl methyl sites for hydroxylation is 1. The number of hydrogen-bond donors (Lipinski definition) is 2. The van der Waals surface area contributed by atoms with Crippen LogP contribution in [0.3, 0.4) is 0 Å². The molecule has 0 aliphatic heterocycles. The smallest absolute Gasteiger partial charge is 0.260 e. The molecular formula is C9H15BrN4O3S. The first-order chi connectivity index (χ1) is 8.45. The summed E-state index contributed by atoms with van der Waals surface area (Å²) < 4.78 is 28.5. The summed E-state index contributed by atoms with van der Waals surface area (Å²) in [5, 5.41) is 16.5. The summed E-state index contributed by atoms with van der Waals surface area (Å²) in [6.45, 7) is -0.00199. The Morgan fingerprint density at radius 2 is 2.28 bits per heavy atom. The first-order valence-electron chi connectivity index (χ1n) is 5.64. The second-order valence-electron chi connectivity index (χ2n) is 4.41. The number of rotatable bonds is 4. The van der Waals surface area contributed by atoms with Crippen LogP contribution in [0.5, 0.6) is 0 Å². The highest BCUT2D eigenvalue weighted by molar-refractivity contribution is 9.10. The summed E-state index contributed by atoms with van der Waals surface area (Å²) in [5.74, 6) is -0.0141. The second kappa shape index (κ2) is 5.24. The molecule has 1 fully saturated rings. The highest BCUT2D eigenvalue weighted by atomic mass is 79.9. The summed E-state index contributed by atoms with van der Waals surface area (Å²) in [4.78, 5) is 0. The molecule has 2 N–H and O–H groups in total. The highest BCUT2D eigenvalue weighted by Crippen LogP contribution is 2.27. The van der Waals surface area contributed by atoms with Crippen LogP contribution < -0.4 is 4.72 Å². The quantitative estimate of drug-likeness (QED) is 0.806. The molecule has 0 radical (unpaired) electrons. The average molecular weight is 339 g/mol. The molecule has 1 aromatic heterocycles. The van der Waals surface area contributed by atoms with E-state index in [4.69, 9.17) is 0 Å². The van der Waals surface area contributed by atoms with Gasteiger partial charge in [0.15, 0.2) is 4.60 Å². The van der Waals surface area contributed by atoms with Crippen molar-refractivity contribution in [2.24, 2.45) is 13.0 Å². The van der Waals surface area contributed by atoms with Crippen LogP contribution in [0.25, 0.3) is 0 Å². The number of nitrogens with zero attached hydrogens (tertiary/aromatic N) is 3. The zero-order chi connectivity index (χ0) is 13.3. The molecular weight excluding hydrogens is 324 g/mol. The van der Waals surface area contributed by atoms with E-state index in [9.17, 15) is 13.5 Å². The fourth-order valence-electron chi connectivity index (χ4n) is 2.27. The Bertz CT molecular complexity index is 510. The lowest BCUT2D eigenvalue weighted by Gasteiger charge is -2.18. The van der Waals surface area contributed by atoms with Crippen molar-refractivity contribution < 1.29 is 13.5 Å². The van der Waals surface area contributed by atoms with E-state index < -0.39 is 10.0 Å². The van der Waals surface area contributed by atoms with Crippen molar-refractivity contribution in [3.63, 3.8) is 0 Å². The lowest BCUT2D eigenvalue weighted by molar-refractivity contribution is 0.213. The SMILES string of the molecule is Cn1nnc(Br)c1S(=O)(=O)NC1CCCC1CO. The molecule has 9 heteroatoms. The van der Waals surface area contributed by atoms with Gasteiger partial charge in [-0.2, -0.15) is 0 Å². The van der Waals surface area contributed by atoms with Gasteiger partial charge in [0.25, 0.3) is 10.0 Å². The second-order valence-corrected chi connectivity index (χ2v) is 6.79. The summed E-state index contributed by atoms with van der Waals surface area (Å²) in [6, 6.07) is -0.221. The third kappa shape index (κ3) is 2.58. The van der Waals surface area contributed by atoms with Crippen LogP contribution in [-0.4, -0.2) is 41.2 Å². The summed E-state index contributed by atoms with van der Waals surface area (Å²) in [7, 11) is -2.16. The number of aromatic nitrogens is 3. The Hall–Kier alpha value is -0.510. The highest BCUT2D eigenvalue weighted by Gasteiger charge is 2.33. The van der Waals surface area contributed by atoms with Gasteiger partial charge in [-0.1, -0.05) is 11.6 Å². The van der Waals surface area contributed by atoms with Gasteiger partial charge in [-0.05, 0) is 34.7 Å². The van der Waals surface area contributed by atoms with Gasteiger partial charge >= 0.3 is 0 Å². The van der Waals surface area contributed by atoms with E-state index in [1.54, 1.807) is 0 Å². The lowest BCUT2D eigenvalue weighted by Crippen LogP contribution is -2.39. The van der Waals surface area contributed by atoms with Crippen molar-refractivity contribution in [3.05, 3.63) is 4.60 Å². The van der Waals surface area contributed by atoms with Gasteiger partial charge < -0.3 is 5.11 Å². The van der Waals surface area contributed by atoms with Crippen LogP contribution in [0.1, 0.15) is 19.3 Å². The van der Waals surface area contributed by atoms with E-state index in [0.29, 0.717) is 0 Å². The topological polar surface area (TPSA) is 97.1 Å². The number of sulfonamides is 1. The van der Waals surface area contributed by atoms with E-state index in [-0.39, 0.29) is 28.2 Å². The number of halogens is 1. The Kier molecular flexibility index (Phi) is 4.05. The first kappa shape index (κ1) is 13.9. The molecule has 0 spiro atoms. The van der Waals surface area contributed by atoms with Crippen molar-refractivity contribution in [3.8, 4) is 0 Å². The Morgan fingerprint density at radius 3 is 2.83 bits per heavy atom. The van der Waals surface area contributed by atoms with Crippen LogP contribution >= 0.6 is 15.9 Å². The maximum Gasteiger partial charge on any atom is 0.260 e. The molecule has 102 valence electrons. The largest absolute Gasteiger partial charge is 0.396 e. The maximum atomic E-state index is 12.2. The van der Waals surface area contributed by atoms with Gasteiger partial charge in [0, 0.05) is 19.7 Å². The molecule has 7 nitrogen and oxygen atoms in total. The fraction of sp³-hybridized carbons (Fsp3) is 0.778. The summed E-state index contributed by atoms with van der Waals surface area (Å²) in [5.41, 5.74) is 0. The van der Waals surface area contributed by atoms with Crippen molar-refractivity contribution in [2.45, 2.75) is 30.3 Å². The number of aliphatic hydroxyl groups is 1. The third-order valence-electron chi connectivity index (χ3n) is 3.19. The number of aliphatic hydroxyl groups excluding tert-OH is 1. The lowest BCUT2D eigenvalue weighted by atomic mass is 10.1. The predicted molar refractivity (Wildman–Crippen MR) is 67.2 cm³/mol. The van der Waals surface area contributed by atoms with E-state index in [2.05, 4.69) is 31.0 Å². The number of hydrogen-bond acceptors (Lipinski definition) is 5. The molecule has 1 aliphatic rings. The molecule has 0 saturated heterocycles. The molecule has 18 heavy (non-hydrogen) atoms. The minimum atomic E-state index is -3.67. The molecule has 1 saturated carbocycles. The van der Waals surface area contributed by atoms with Crippen LogP contribution in [0.4, 0.5) is 0 Å². The molecule has 0 aromatic carbocycles. The molecule has 1 aliphatic carbocycles. The summed E-state index contributed by atoms with van der Waals surface area (Å²) >= 11 is 3.07. The Labute approximate surface area is 114 Å². The number of nitrogens with one attached hydrogen (secondary N) is 1. The molecule has 1 aromatic rings. The zero-order valence-corrected chi connectivity index (χ0v) is 12.3. The first-order valence-corrected chi connectivity index (χ1v) is 7.91. The van der Waals surface area contributed by atoms with E-state index in [1.165, 1.54) is 11.7 Å². The minimum absolute atomic E-state index is 0.00199. The van der Waals surface area contributed by atoms with Crippen molar-refractivity contribution >= 4 is 26.0 Å². The average Bonchev–Trinajstić information content (AvgIpc) is 2.85. The van der Waals surface area contributed by atoms with Crippen molar-refractivity contribution in [2.75, 3.05) is 6.61 Å². The standard InChI is InChI=1S/C9H15BrN4O3S/c1-14-9(8(10)11-13-14)18(16,17)12-7-4-2-3-6(7)5-15/h6-7,12,15H,2-5H2,1H3. The maximum absolute atomic E-state index is 12.2. The van der Waals surface area contributed by atoms with E-state index in [0.717, 1.165) is 19.3 Å². The van der Waals surface area contributed by atoms with Gasteiger partial charge in [0.05, 0.1) is 0 Å². The monoisotopic (exact) mass is 338 g/mol. The van der Waals surface area contributed by atoms with Gasteiger partial charge in [-0.15, -0.1) is 5.10 Å². The van der Waals surface area contributed by atoms with E-state index >= 15 is 0 Å². The van der Waals surface area contributed by atoms with Crippen LogP contribution in [0.2, 0.25) is 0 Å². The summed E-state index contributed by atoms with van der Waals surface area (Å²) in [6.07, 6.45) is 2.51.